The van der Waals surface area contributed by atoms with E-state index in [2.05, 4.69) is 27.8 Å². The smallest absolute Gasteiger partial charge is 0.191 e. The van der Waals surface area contributed by atoms with Crippen LogP contribution in [0.25, 0.3) is 0 Å². The first-order valence-corrected chi connectivity index (χ1v) is 7.85. The predicted molar refractivity (Wildman–Crippen MR) is 78.4 cm³/mol. The monoisotopic (exact) mass is 284 g/mol. The van der Waals surface area contributed by atoms with Crippen LogP contribution in [0.4, 0.5) is 0 Å². The van der Waals surface area contributed by atoms with E-state index in [1.165, 1.54) is 18.4 Å². The molecule has 0 spiro atoms. The maximum absolute atomic E-state index is 8.79. The van der Waals surface area contributed by atoms with E-state index >= 15 is 0 Å². The van der Waals surface area contributed by atoms with E-state index in [0.717, 1.165) is 23.3 Å². The molecule has 102 valence electrons. The average molecular weight is 284 g/mol. The van der Waals surface area contributed by atoms with Crippen LogP contribution in [0.2, 0.25) is 0 Å². The van der Waals surface area contributed by atoms with Gasteiger partial charge >= 0.3 is 0 Å². The van der Waals surface area contributed by atoms with Crippen molar-refractivity contribution in [3.8, 4) is 6.07 Å². The predicted octanol–water partition coefficient (Wildman–Crippen LogP) is 3.34. The lowest BCUT2D eigenvalue weighted by molar-refractivity contribution is 0.643. The molecule has 1 aromatic carbocycles. The molecular weight excluding hydrogens is 268 g/mol. The van der Waals surface area contributed by atoms with Gasteiger partial charge in [-0.3, -0.25) is 0 Å². The summed E-state index contributed by atoms with van der Waals surface area (Å²) >= 11 is 1.71. The molecule has 1 heterocycles. The highest BCUT2D eigenvalue weighted by molar-refractivity contribution is 7.98. The Bertz CT molecular complexity index is 635. The number of nitrogens with zero attached hydrogens (tertiary/aromatic N) is 4. The molecule has 0 amide bonds. The van der Waals surface area contributed by atoms with Crippen LogP contribution in [0.1, 0.15) is 42.6 Å². The minimum absolute atomic E-state index is 0.631. The number of aromatic nitrogens is 3. The molecule has 0 N–H and O–H groups in total. The second-order valence-electron chi connectivity index (χ2n) is 4.96. The highest BCUT2D eigenvalue weighted by atomic mass is 32.2. The van der Waals surface area contributed by atoms with Crippen molar-refractivity contribution in [2.45, 2.75) is 43.1 Å². The number of hydrogen-bond acceptors (Lipinski definition) is 4. The molecule has 0 bridgehead atoms. The van der Waals surface area contributed by atoms with Gasteiger partial charge in [0.25, 0.3) is 0 Å². The lowest BCUT2D eigenvalue weighted by Crippen LogP contribution is -2.01. The minimum atomic E-state index is 0.631. The van der Waals surface area contributed by atoms with Gasteiger partial charge in [-0.1, -0.05) is 23.9 Å². The third-order valence-electron chi connectivity index (χ3n) is 3.46. The van der Waals surface area contributed by atoms with Gasteiger partial charge in [0.05, 0.1) is 11.6 Å². The lowest BCUT2D eigenvalue weighted by atomic mass is 10.2. The van der Waals surface area contributed by atoms with Gasteiger partial charge in [0.1, 0.15) is 5.82 Å². The number of nitriles is 1. The molecule has 0 aliphatic heterocycles. The summed E-state index contributed by atoms with van der Waals surface area (Å²) < 4.78 is 2.23. The van der Waals surface area contributed by atoms with Crippen molar-refractivity contribution in [3.05, 3.63) is 41.2 Å². The molecule has 5 heteroatoms. The van der Waals surface area contributed by atoms with Crippen LogP contribution in [0, 0.1) is 11.3 Å². The van der Waals surface area contributed by atoms with Gasteiger partial charge in [-0.25, -0.2) is 0 Å². The molecule has 1 saturated carbocycles. The van der Waals surface area contributed by atoms with Gasteiger partial charge in [-0.2, -0.15) is 5.26 Å². The van der Waals surface area contributed by atoms with Gasteiger partial charge in [-0.15, -0.1) is 10.2 Å². The van der Waals surface area contributed by atoms with Crippen LogP contribution in [0.3, 0.4) is 0 Å². The van der Waals surface area contributed by atoms with Crippen LogP contribution in [0.5, 0.6) is 0 Å². The second-order valence-corrected chi connectivity index (χ2v) is 5.90. The lowest BCUT2D eigenvalue weighted by Gasteiger charge is -2.06. The van der Waals surface area contributed by atoms with E-state index in [1.54, 1.807) is 11.8 Å². The zero-order valence-electron chi connectivity index (χ0n) is 11.4. The molecule has 20 heavy (non-hydrogen) atoms. The molecule has 2 aromatic rings. The molecule has 1 fully saturated rings. The topological polar surface area (TPSA) is 54.5 Å². The summed E-state index contributed by atoms with van der Waals surface area (Å²) in [5.74, 6) is 2.63. The quantitative estimate of drug-likeness (QED) is 0.790. The molecule has 0 unspecified atom stereocenters. The largest absolute Gasteiger partial charge is 0.306 e. The SMILES string of the molecule is CCn1c(SCc2ccc(C#N)cc2)nnc1C1CC1. The molecule has 0 atom stereocenters. The molecule has 1 aliphatic carbocycles. The minimum Gasteiger partial charge on any atom is -0.306 e. The van der Waals surface area contributed by atoms with E-state index in [1.807, 2.05) is 24.3 Å². The molecule has 4 nitrogen and oxygen atoms in total. The number of hydrogen-bond donors (Lipinski definition) is 0. The maximum atomic E-state index is 8.79. The Kier molecular flexibility index (Phi) is 3.75. The number of thioether (sulfide) groups is 1. The fourth-order valence-corrected chi connectivity index (χ4v) is 3.14. The van der Waals surface area contributed by atoms with Gasteiger partial charge in [0.2, 0.25) is 0 Å². The summed E-state index contributed by atoms with van der Waals surface area (Å²) in [7, 11) is 0. The molecule has 0 radical (unpaired) electrons. The Morgan fingerprint density at radius 2 is 2.05 bits per heavy atom. The molecular formula is C15H16N4S. The summed E-state index contributed by atoms with van der Waals surface area (Å²) in [6.45, 7) is 3.07. The van der Waals surface area contributed by atoms with Crippen LogP contribution in [-0.4, -0.2) is 14.8 Å². The first kappa shape index (κ1) is 13.2. The summed E-state index contributed by atoms with van der Waals surface area (Å²) in [6, 6.07) is 9.85. The summed E-state index contributed by atoms with van der Waals surface area (Å²) in [6.07, 6.45) is 2.50. The van der Waals surface area contributed by atoms with Crippen molar-refractivity contribution in [2.24, 2.45) is 0 Å². The van der Waals surface area contributed by atoms with E-state index in [9.17, 15) is 0 Å². The van der Waals surface area contributed by atoms with Crippen molar-refractivity contribution in [2.75, 3.05) is 0 Å². The van der Waals surface area contributed by atoms with Crippen molar-refractivity contribution in [1.29, 1.82) is 5.26 Å². The second kappa shape index (κ2) is 5.68. The number of rotatable bonds is 5. The Morgan fingerprint density at radius 3 is 2.65 bits per heavy atom. The standard InChI is InChI=1S/C15H16N4S/c1-2-19-14(13-7-8-13)17-18-15(19)20-10-12-5-3-11(9-16)4-6-12/h3-6,13H,2,7-8,10H2,1H3. The maximum Gasteiger partial charge on any atom is 0.191 e. The van der Waals surface area contributed by atoms with Gasteiger partial charge in [-0.05, 0) is 37.5 Å². The van der Waals surface area contributed by atoms with E-state index in [-0.39, 0.29) is 0 Å². The molecule has 1 aliphatic rings. The highest BCUT2D eigenvalue weighted by Crippen LogP contribution is 2.40. The summed E-state index contributed by atoms with van der Waals surface area (Å²) in [4.78, 5) is 0. The fraction of sp³-hybridized carbons (Fsp3) is 0.400. The Hall–Kier alpha value is -1.80. The van der Waals surface area contributed by atoms with Crippen LogP contribution in [0.15, 0.2) is 29.4 Å². The van der Waals surface area contributed by atoms with Gasteiger partial charge in [0.15, 0.2) is 5.16 Å². The normalized spacial score (nSPS) is 14.2. The first-order valence-electron chi connectivity index (χ1n) is 6.86. The van der Waals surface area contributed by atoms with E-state index in [4.69, 9.17) is 5.26 Å². The Balaban J connectivity index is 1.70. The van der Waals surface area contributed by atoms with Crippen LogP contribution in [-0.2, 0) is 12.3 Å². The third-order valence-corrected chi connectivity index (χ3v) is 4.49. The Labute approximate surface area is 122 Å². The van der Waals surface area contributed by atoms with Crippen molar-refractivity contribution in [1.82, 2.24) is 14.8 Å². The van der Waals surface area contributed by atoms with E-state index in [0.29, 0.717) is 11.5 Å². The van der Waals surface area contributed by atoms with E-state index < -0.39 is 0 Å². The summed E-state index contributed by atoms with van der Waals surface area (Å²) in [5, 5.41) is 18.4. The zero-order chi connectivity index (χ0) is 13.9. The van der Waals surface area contributed by atoms with Gasteiger partial charge < -0.3 is 4.57 Å². The zero-order valence-corrected chi connectivity index (χ0v) is 12.2. The summed E-state index contributed by atoms with van der Waals surface area (Å²) in [5.41, 5.74) is 1.90. The average Bonchev–Trinajstić information content (AvgIpc) is 3.26. The van der Waals surface area contributed by atoms with Gasteiger partial charge in [0, 0.05) is 18.2 Å². The molecule has 3 rings (SSSR count). The van der Waals surface area contributed by atoms with Crippen molar-refractivity contribution >= 4 is 11.8 Å². The highest BCUT2D eigenvalue weighted by Gasteiger charge is 2.29. The number of benzene rings is 1. The van der Waals surface area contributed by atoms with Crippen LogP contribution >= 0.6 is 11.8 Å². The molecule has 0 saturated heterocycles. The fourth-order valence-electron chi connectivity index (χ4n) is 2.17. The molecule has 1 aromatic heterocycles. The first-order chi connectivity index (χ1) is 9.81. The van der Waals surface area contributed by atoms with Crippen LogP contribution < -0.4 is 0 Å². The third kappa shape index (κ3) is 2.70. The van der Waals surface area contributed by atoms with Crippen molar-refractivity contribution < 1.29 is 0 Å². The Morgan fingerprint density at radius 1 is 1.30 bits per heavy atom. The van der Waals surface area contributed by atoms with Crippen molar-refractivity contribution in [3.63, 3.8) is 0 Å².